The minimum Gasteiger partial charge on any atom is -0.219 e. The Kier molecular flexibility index (Phi) is 4.32. The summed E-state index contributed by atoms with van der Waals surface area (Å²) in [5.74, 6) is 0. The molecule has 0 atom stereocenters. The van der Waals surface area contributed by atoms with E-state index in [4.69, 9.17) is 0 Å². The van der Waals surface area contributed by atoms with Crippen molar-refractivity contribution in [3.05, 3.63) is 59.7 Å². The molecule has 2 rings (SSSR count). The van der Waals surface area contributed by atoms with Crippen molar-refractivity contribution < 1.29 is 26.0 Å². The molecule has 2 aromatic rings. The molecule has 0 bridgehead atoms. The van der Waals surface area contributed by atoms with Crippen molar-refractivity contribution in [2.45, 2.75) is 22.6 Å². The number of hydrogen-bond donors (Lipinski definition) is 0. The molecule has 0 saturated carbocycles. The summed E-state index contributed by atoms with van der Waals surface area (Å²) in [6.07, 6.45) is -5.38. The van der Waals surface area contributed by atoms with Crippen molar-refractivity contribution in [3.63, 3.8) is 0 Å². The highest BCUT2D eigenvalue weighted by molar-refractivity contribution is 7.91. The molecule has 0 amide bonds. The third-order valence-electron chi connectivity index (χ3n) is 2.88. The molecule has 7 heteroatoms. The zero-order valence-electron chi connectivity index (χ0n) is 10.5. The number of alkyl halides is 4. The van der Waals surface area contributed by atoms with Crippen LogP contribution in [0.25, 0.3) is 0 Å². The standard InChI is InChI=1S/C14H10F4O2S/c15-13(16)9-1-5-11(6-2-9)21(19,20)12-7-3-10(4-8-12)14(17)18/h1-8,13-14H. The third kappa shape index (κ3) is 3.24. The average Bonchev–Trinajstić information content (AvgIpc) is 2.47. The number of rotatable bonds is 4. The van der Waals surface area contributed by atoms with Crippen LogP contribution in [-0.4, -0.2) is 8.42 Å². The zero-order chi connectivity index (χ0) is 15.6. The number of hydrogen-bond acceptors (Lipinski definition) is 2. The zero-order valence-corrected chi connectivity index (χ0v) is 11.3. The van der Waals surface area contributed by atoms with Crippen LogP contribution in [0.2, 0.25) is 0 Å². The molecule has 2 aromatic carbocycles. The van der Waals surface area contributed by atoms with Gasteiger partial charge in [-0.2, -0.15) is 0 Å². The molecule has 0 N–H and O–H groups in total. The summed E-state index contributed by atoms with van der Waals surface area (Å²) in [5.41, 5.74) is -0.580. The van der Waals surface area contributed by atoms with Gasteiger partial charge in [-0.1, -0.05) is 24.3 Å². The minimum atomic E-state index is -3.91. The predicted molar refractivity (Wildman–Crippen MR) is 68.2 cm³/mol. The molecule has 0 aliphatic heterocycles. The molecule has 0 saturated heterocycles. The SMILES string of the molecule is O=S(=O)(c1ccc(C(F)F)cc1)c1ccc(C(F)F)cc1. The number of halogens is 4. The van der Waals surface area contributed by atoms with Crippen LogP contribution < -0.4 is 0 Å². The Hall–Kier alpha value is -1.89. The third-order valence-corrected chi connectivity index (χ3v) is 4.67. The molecule has 0 aromatic heterocycles. The summed E-state index contributed by atoms with van der Waals surface area (Å²) in [7, 11) is -3.91. The predicted octanol–water partition coefficient (Wildman–Crippen LogP) is 4.39. The summed E-state index contributed by atoms with van der Waals surface area (Å²) >= 11 is 0. The fourth-order valence-electron chi connectivity index (χ4n) is 1.72. The molecule has 0 aliphatic carbocycles. The molecular formula is C14H10F4O2S. The van der Waals surface area contributed by atoms with Crippen LogP contribution in [0.1, 0.15) is 24.0 Å². The molecule has 112 valence electrons. The molecule has 0 heterocycles. The Morgan fingerprint density at radius 2 is 0.905 bits per heavy atom. The second-order valence-corrected chi connectivity index (χ2v) is 6.19. The van der Waals surface area contributed by atoms with Crippen molar-refractivity contribution in [3.8, 4) is 0 Å². The molecule has 0 aliphatic rings. The summed E-state index contributed by atoms with van der Waals surface area (Å²) in [6, 6.07) is 8.34. The van der Waals surface area contributed by atoms with Gasteiger partial charge < -0.3 is 0 Å². The van der Waals surface area contributed by atoms with Crippen molar-refractivity contribution in [2.24, 2.45) is 0 Å². The van der Waals surface area contributed by atoms with Gasteiger partial charge in [-0.15, -0.1) is 0 Å². The van der Waals surface area contributed by atoms with Crippen LogP contribution >= 0.6 is 0 Å². The van der Waals surface area contributed by atoms with Gasteiger partial charge >= 0.3 is 0 Å². The molecule has 2 nitrogen and oxygen atoms in total. The maximum absolute atomic E-state index is 12.4. The maximum Gasteiger partial charge on any atom is 0.263 e. The van der Waals surface area contributed by atoms with E-state index in [9.17, 15) is 26.0 Å². The normalized spacial score (nSPS) is 12.1. The van der Waals surface area contributed by atoms with Gasteiger partial charge in [0.05, 0.1) is 9.79 Å². The van der Waals surface area contributed by atoms with Gasteiger partial charge in [0, 0.05) is 11.1 Å². The largest absolute Gasteiger partial charge is 0.263 e. The van der Waals surface area contributed by atoms with Gasteiger partial charge in [0.15, 0.2) is 0 Å². The van der Waals surface area contributed by atoms with Crippen LogP contribution in [0.3, 0.4) is 0 Å². The summed E-state index contributed by atoms with van der Waals surface area (Å²) in [6.45, 7) is 0. The lowest BCUT2D eigenvalue weighted by Gasteiger charge is -2.07. The Labute approximate surface area is 119 Å². The molecule has 0 fully saturated rings. The van der Waals surface area contributed by atoms with E-state index in [0.717, 1.165) is 48.5 Å². The highest BCUT2D eigenvalue weighted by Crippen LogP contribution is 2.26. The average molecular weight is 318 g/mol. The van der Waals surface area contributed by atoms with E-state index in [1.165, 1.54) is 0 Å². The number of benzene rings is 2. The maximum atomic E-state index is 12.4. The van der Waals surface area contributed by atoms with Crippen LogP contribution in [0, 0.1) is 0 Å². The van der Waals surface area contributed by atoms with Gasteiger partial charge in [-0.25, -0.2) is 26.0 Å². The minimum absolute atomic E-state index is 0.170. The summed E-state index contributed by atoms with van der Waals surface area (Å²) in [4.78, 5) is -0.339. The fourth-order valence-corrected chi connectivity index (χ4v) is 2.98. The lowest BCUT2D eigenvalue weighted by Crippen LogP contribution is -2.02. The van der Waals surface area contributed by atoms with E-state index < -0.39 is 22.7 Å². The van der Waals surface area contributed by atoms with E-state index in [1.54, 1.807) is 0 Å². The van der Waals surface area contributed by atoms with E-state index in [2.05, 4.69) is 0 Å². The fraction of sp³-hybridized carbons (Fsp3) is 0.143. The lowest BCUT2D eigenvalue weighted by atomic mass is 10.2. The first-order valence-corrected chi connectivity index (χ1v) is 7.32. The van der Waals surface area contributed by atoms with Crippen LogP contribution in [-0.2, 0) is 9.84 Å². The molecule has 21 heavy (non-hydrogen) atoms. The summed E-state index contributed by atoms with van der Waals surface area (Å²) in [5, 5.41) is 0. The van der Waals surface area contributed by atoms with Crippen LogP contribution in [0.5, 0.6) is 0 Å². The van der Waals surface area contributed by atoms with E-state index >= 15 is 0 Å². The van der Waals surface area contributed by atoms with Gasteiger partial charge in [0.25, 0.3) is 12.9 Å². The second-order valence-electron chi connectivity index (χ2n) is 4.24. The molecule has 0 radical (unpaired) electrons. The Morgan fingerprint density at radius 1 is 0.619 bits per heavy atom. The van der Waals surface area contributed by atoms with Crippen LogP contribution in [0.15, 0.2) is 58.3 Å². The van der Waals surface area contributed by atoms with E-state index in [1.807, 2.05) is 0 Å². The topological polar surface area (TPSA) is 34.1 Å². The molecular weight excluding hydrogens is 308 g/mol. The van der Waals surface area contributed by atoms with Gasteiger partial charge in [0.2, 0.25) is 9.84 Å². The summed E-state index contributed by atoms with van der Waals surface area (Å²) < 4.78 is 74.1. The molecule has 0 unspecified atom stereocenters. The van der Waals surface area contributed by atoms with Crippen molar-refractivity contribution in [1.29, 1.82) is 0 Å². The Balaban J connectivity index is 2.37. The highest BCUT2D eigenvalue weighted by Gasteiger charge is 2.19. The number of sulfone groups is 1. The van der Waals surface area contributed by atoms with E-state index in [-0.39, 0.29) is 20.9 Å². The first-order chi connectivity index (χ1) is 9.82. The Bertz CT molecular complexity index is 650. The first kappa shape index (κ1) is 15.5. The van der Waals surface area contributed by atoms with Gasteiger partial charge in [-0.05, 0) is 24.3 Å². The van der Waals surface area contributed by atoms with E-state index in [0.29, 0.717) is 0 Å². The highest BCUT2D eigenvalue weighted by atomic mass is 32.2. The van der Waals surface area contributed by atoms with Crippen LogP contribution in [0.4, 0.5) is 17.6 Å². The lowest BCUT2D eigenvalue weighted by molar-refractivity contribution is 0.151. The quantitative estimate of drug-likeness (QED) is 0.783. The van der Waals surface area contributed by atoms with Crippen molar-refractivity contribution >= 4 is 9.84 Å². The smallest absolute Gasteiger partial charge is 0.219 e. The monoisotopic (exact) mass is 318 g/mol. The second kappa shape index (κ2) is 5.85. The van der Waals surface area contributed by atoms with Crippen molar-refractivity contribution in [1.82, 2.24) is 0 Å². The van der Waals surface area contributed by atoms with Gasteiger partial charge in [0.1, 0.15) is 0 Å². The van der Waals surface area contributed by atoms with Crippen molar-refractivity contribution in [2.75, 3.05) is 0 Å². The van der Waals surface area contributed by atoms with Gasteiger partial charge in [-0.3, -0.25) is 0 Å². The molecule has 0 spiro atoms. The Morgan fingerprint density at radius 3 is 1.14 bits per heavy atom. The first-order valence-electron chi connectivity index (χ1n) is 5.83.